The van der Waals surface area contributed by atoms with Gasteiger partial charge < -0.3 is 15.2 Å². The molecule has 0 saturated carbocycles. The van der Waals surface area contributed by atoms with E-state index in [1.165, 1.54) is 12.0 Å². The van der Waals surface area contributed by atoms with Gasteiger partial charge in [0.05, 0.1) is 12.7 Å². The van der Waals surface area contributed by atoms with Gasteiger partial charge in [-0.3, -0.25) is 0 Å². The van der Waals surface area contributed by atoms with Crippen LogP contribution in [0.25, 0.3) is 0 Å². The fourth-order valence-electron chi connectivity index (χ4n) is 2.37. The van der Waals surface area contributed by atoms with Gasteiger partial charge in [0.25, 0.3) is 0 Å². The molecule has 1 fully saturated rings. The van der Waals surface area contributed by atoms with E-state index < -0.39 is 0 Å². The lowest BCUT2D eigenvalue weighted by molar-refractivity contribution is 0.0702. The van der Waals surface area contributed by atoms with Crippen molar-refractivity contribution in [3.8, 4) is 5.75 Å². The van der Waals surface area contributed by atoms with Gasteiger partial charge in [-0.15, -0.1) is 0 Å². The number of hydrogen-bond acceptors (Lipinski definition) is 3. The standard InChI is InChI=1S/C15H23NO2/c1-12-4-6-14(7-5-12)18-10-8-15(17)13-3-2-9-16-11-13/h4-7,13,15-17H,2-3,8-11H2,1H3. The summed E-state index contributed by atoms with van der Waals surface area (Å²) in [5, 5.41) is 13.4. The molecule has 3 heteroatoms. The average molecular weight is 249 g/mol. The van der Waals surface area contributed by atoms with Crippen LogP contribution in [0.1, 0.15) is 24.8 Å². The Morgan fingerprint density at radius 1 is 1.39 bits per heavy atom. The Bertz CT molecular complexity index is 344. The van der Waals surface area contributed by atoms with E-state index in [0.717, 1.165) is 25.3 Å². The molecule has 0 aromatic heterocycles. The van der Waals surface area contributed by atoms with E-state index in [9.17, 15) is 5.11 Å². The lowest BCUT2D eigenvalue weighted by Gasteiger charge is -2.27. The van der Waals surface area contributed by atoms with E-state index in [0.29, 0.717) is 18.9 Å². The van der Waals surface area contributed by atoms with Gasteiger partial charge in [-0.1, -0.05) is 17.7 Å². The summed E-state index contributed by atoms with van der Waals surface area (Å²) in [7, 11) is 0. The van der Waals surface area contributed by atoms with Gasteiger partial charge in [-0.2, -0.15) is 0 Å². The van der Waals surface area contributed by atoms with Crippen molar-refractivity contribution in [1.82, 2.24) is 5.32 Å². The molecule has 0 amide bonds. The Morgan fingerprint density at radius 2 is 2.17 bits per heavy atom. The Hall–Kier alpha value is -1.06. The van der Waals surface area contributed by atoms with Gasteiger partial charge in [0, 0.05) is 13.0 Å². The van der Waals surface area contributed by atoms with Gasteiger partial charge in [-0.25, -0.2) is 0 Å². The Balaban J connectivity index is 1.69. The highest BCUT2D eigenvalue weighted by atomic mass is 16.5. The van der Waals surface area contributed by atoms with Crippen molar-refractivity contribution < 1.29 is 9.84 Å². The maximum Gasteiger partial charge on any atom is 0.119 e. The van der Waals surface area contributed by atoms with E-state index in [-0.39, 0.29) is 6.10 Å². The minimum Gasteiger partial charge on any atom is -0.493 e. The van der Waals surface area contributed by atoms with Crippen LogP contribution in [0.4, 0.5) is 0 Å². The van der Waals surface area contributed by atoms with Crippen molar-refractivity contribution in [3.63, 3.8) is 0 Å². The first-order chi connectivity index (χ1) is 8.75. The first-order valence-electron chi connectivity index (χ1n) is 6.84. The van der Waals surface area contributed by atoms with Gasteiger partial charge in [-0.05, 0) is 44.4 Å². The highest BCUT2D eigenvalue weighted by Gasteiger charge is 2.21. The van der Waals surface area contributed by atoms with Crippen molar-refractivity contribution >= 4 is 0 Å². The van der Waals surface area contributed by atoms with Crippen molar-refractivity contribution in [1.29, 1.82) is 0 Å². The Labute approximate surface area is 109 Å². The van der Waals surface area contributed by atoms with Gasteiger partial charge in [0.1, 0.15) is 5.75 Å². The van der Waals surface area contributed by atoms with Crippen molar-refractivity contribution in [3.05, 3.63) is 29.8 Å². The lowest BCUT2D eigenvalue weighted by atomic mass is 9.92. The normalized spacial score (nSPS) is 21.6. The molecule has 100 valence electrons. The van der Waals surface area contributed by atoms with E-state index in [2.05, 4.69) is 12.2 Å². The third-order valence-electron chi connectivity index (χ3n) is 3.58. The van der Waals surface area contributed by atoms with Crippen LogP contribution in [0, 0.1) is 12.8 Å². The van der Waals surface area contributed by atoms with Crippen molar-refractivity contribution in [2.45, 2.75) is 32.3 Å². The number of aryl methyl sites for hydroxylation is 1. The number of piperidine rings is 1. The Kier molecular flexibility index (Phi) is 5.02. The second-order valence-corrected chi connectivity index (χ2v) is 5.12. The van der Waals surface area contributed by atoms with E-state index in [1.807, 2.05) is 24.3 Å². The van der Waals surface area contributed by atoms with Crippen molar-refractivity contribution in [2.75, 3.05) is 19.7 Å². The second kappa shape index (κ2) is 6.76. The fourth-order valence-corrected chi connectivity index (χ4v) is 2.37. The molecule has 0 radical (unpaired) electrons. The van der Waals surface area contributed by atoms with Gasteiger partial charge in [0.15, 0.2) is 0 Å². The summed E-state index contributed by atoms with van der Waals surface area (Å²) in [6.45, 7) is 4.67. The zero-order chi connectivity index (χ0) is 12.8. The molecule has 2 N–H and O–H groups in total. The predicted molar refractivity (Wildman–Crippen MR) is 72.9 cm³/mol. The smallest absolute Gasteiger partial charge is 0.119 e. The Morgan fingerprint density at radius 3 is 2.83 bits per heavy atom. The molecule has 2 unspecified atom stereocenters. The number of rotatable bonds is 5. The third-order valence-corrected chi connectivity index (χ3v) is 3.58. The van der Waals surface area contributed by atoms with Crippen LogP contribution in [0.2, 0.25) is 0 Å². The molecule has 2 rings (SSSR count). The number of ether oxygens (including phenoxy) is 1. The van der Waals surface area contributed by atoms with Crippen LogP contribution in [0.15, 0.2) is 24.3 Å². The van der Waals surface area contributed by atoms with E-state index in [4.69, 9.17) is 4.74 Å². The summed E-state index contributed by atoms with van der Waals surface area (Å²) in [6, 6.07) is 8.03. The molecule has 1 heterocycles. The highest BCUT2D eigenvalue weighted by molar-refractivity contribution is 5.26. The lowest BCUT2D eigenvalue weighted by Crippen LogP contribution is -2.37. The molecular formula is C15H23NO2. The zero-order valence-corrected chi connectivity index (χ0v) is 11.1. The zero-order valence-electron chi connectivity index (χ0n) is 11.1. The number of benzene rings is 1. The molecular weight excluding hydrogens is 226 g/mol. The summed E-state index contributed by atoms with van der Waals surface area (Å²) < 4.78 is 5.64. The van der Waals surface area contributed by atoms with E-state index >= 15 is 0 Å². The maximum absolute atomic E-state index is 10.1. The number of nitrogens with one attached hydrogen (secondary N) is 1. The molecule has 1 aliphatic heterocycles. The van der Waals surface area contributed by atoms with Crippen LogP contribution in [-0.2, 0) is 0 Å². The molecule has 0 bridgehead atoms. The van der Waals surface area contributed by atoms with Gasteiger partial charge in [0.2, 0.25) is 0 Å². The van der Waals surface area contributed by atoms with E-state index in [1.54, 1.807) is 0 Å². The van der Waals surface area contributed by atoms with Crippen LogP contribution in [-0.4, -0.2) is 30.9 Å². The number of aliphatic hydroxyl groups is 1. The molecule has 1 saturated heterocycles. The second-order valence-electron chi connectivity index (χ2n) is 5.12. The minimum absolute atomic E-state index is 0.247. The summed E-state index contributed by atoms with van der Waals surface area (Å²) >= 11 is 0. The van der Waals surface area contributed by atoms with Crippen LogP contribution >= 0.6 is 0 Å². The molecule has 1 aromatic rings. The predicted octanol–water partition coefficient (Wildman–Crippen LogP) is 2.12. The highest BCUT2D eigenvalue weighted by Crippen LogP contribution is 2.18. The molecule has 2 atom stereocenters. The topological polar surface area (TPSA) is 41.5 Å². The third kappa shape index (κ3) is 4.00. The van der Waals surface area contributed by atoms with Crippen molar-refractivity contribution in [2.24, 2.45) is 5.92 Å². The molecule has 3 nitrogen and oxygen atoms in total. The quantitative estimate of drug-likeness (QED) is 0.840. The molecule has 18 heavy (non-hydrogen) atoms. The van der Waals surface area contributed by atoms with Gasteiger partial charge >= 0.3 is 0 Å². The van der Waals surface area contributed by atoms with Crippen LogP contribution < -0.4 is 10.1 Å². The summed E-state index contributed by atoms with van der Waals surface area (Å²) in [4.78, 5) is 0. The number of aliphatic hydroxyl groups excluding tert-OH is 1. The summed E-state index contributed by atoms with van der Waals surface area (Å²) in [5.41, 5.74) is 1.23. The largest absolute Gasteiger partial charge is 0.493 e. The summed E-state index contributed by atoms with van der Waals surface area (Å²) in [6.07, 6.45) is 2.75. The fraction of sp³-hybridized carbons (Fsp3) is 0.600. The molecule has 1 aromatic carbocycles. The monoisotopic (exact) mass is 249 g/mol. The molecule has 1 aliphatic rings. The summed E-state index contributed by atoms with van der Waals surface area (Å²) in [5.74, 6) is 1.27. The molecule has 0 aliphatic carbocycles. The first-order valence-corrected chi connectivity index (χ1v) is 6.84. The maximum atomic E-state index is 10.1. The van der Waals surface area contributed by atoms with Crippen LogP contribution in [0.3, 0.4) is 0 Å². The SMILES string of the molecule is Cc1ccc(OCCC(O)C2CCCNC2)cc1. The van der Waals surface area contributed by atoms with Crippen LogP contribution in [0.5, 0.6) is 5.75 Å². The number of hydrogen-bond donors (Lipinski definition) is 2. The molecule has 0 spiro atoms. The minimum atomic E-state index is -0.247. The first kappa shape index (κ1) is 13.4. The average Bonchev–Trinajstić information content (AvgIpc) is 2.42.